The number of hydrogen-bond acceptors (Lipinski definition) is 5. The Morgan fingerprint density at radius 1 is 0.931 bits per heavy atom. The first-order valence-electron chi connectivity index (χ1n) is 8.75. The molecule has 0 unspecified atom stereocenters. The summed E-state index contributed by atoms with van der Waals surface area (Å²) in [7, 11) is 0. The molecule has 0 saturated carbocycles. The van der Waals surface area contributed by atoms with E-state index < -0.39 is 11.8 Å². The first-order valence-corrected chi connectivity index (χ1v) is 9.63. The van der Waals surface area contributed by atoms with Gasteiger partial charge in [0, 0.05) is 11.3 Å². The molecule has 3 rings (SSSR count). The highest BCUT2D eigenvalue weighted by molar-refractivity contribution is 7.12. The molecule has 0 aliphatic rings. The molecule has 0 saturated heterocycles. The summed E-state index contributed by atoms with van der Waals surface area (Å²) in [4.78, 5) is 36.6. The second-order valence-electron chi connectivity index (χ2n) is 6.12. The van der Waals surface area contributed by atoms with Crippen molar-refractivity contribution in [3.8, 4) is 5.75 Å². The molecule has 0 bridgehead atoms. The number of benzene rings is 2. The Bertz CT molecular complexity index is 1000. The minimum Gasteiger partial charge on any atom is -0.484 e. The van der Waals surface area contributed by atoms with Gasteiger partial charge in [0.1, 0.15) is 5.75 Å². The molecular weight excluding hydrogens is 390 g/mol. The molecule has 0 spiro atoms. The lowest BCUT2D eigenvalue weighted by molar-refractivity contribution is -0.123. The molecule has 2 aromatic carbocycles. The molecule has 0 radical (unpaired) electrons. The highest BCUT2D eigenvalue weighted by Gasteiger charge is 2.10. The molecule has 0 fully saturated rings. The van der Waals surface area contributed by atoms with Gasteiger partial charge in [0.2, 0.25) is 0 Å². The fraction of sp³-hybridized carbons (Fsp3) is 0.0952. The molecule has 8 heteroatoms. The van der Waals surface area contributed by atoms with E-state index in [0.717, 1.165) is 5.56 Å². The van der Waals surface area contributed by atoms with E-state index in [2.05, 4.69) is 16.2 Å². The summed E-state index contributed by atoms with van der Waals surface area (Å²) in [5.41, 5.74) is 6.54. The molecule has 0 aliphatic carbocycles. The van der Waals surface area contributed by atoms with E-state index in [1.165, 1.54) is 11.3 Å². The van der Waals surface area contributed by atoms with Gasteiger partial charge in [-0.1, -0.05) is 18.2 Å². The summed E-state index contributed by atoms with van der Waals surface area (Å²) in [6.07, 6.45) is 0. The smallest absolute Gasteiger partial charge is 0.276 e. The third-order valence-electron chi connectivity index (χ3n) is 3.82. The van der Waals surface area contributed by atoms with Crippen molar-refractivity contribution in [1.82, 2.24) is 10.9 Å². The SMILES string of the molecule is Cc1cccc(OCC(=O)NNC(=O)c2ccc(NC(=O)c3cccs3)cc2)c1. The third kappa shape index (κ3) is 5.91. The van der Waals surface area contributed by atoms with Gasteiger partial charge in [-0.2, -0.15) is 0 Å². The van der Waals surface area contributed by atoms with Gasteiger partial charge in [-0.25, -0.2) is 0 Å². The quantitative estimate of drug-likeness (QED) is 0.545. The molecule has 1 heterocycles. The summed E-state index contributed by atoms with van der Waals surface area (Å²) in [6.45, 7) is 1.70. The molecule has 3 amide bonds. The second-order valence-corrected chi connectivity index (χ2v) is 7.06. The average Bonchev–Trinajstić information content (AvgIpc) is 3.26. The minimum absolute atomic E-state index is 0.210. The van der Waals surface area contributed by atoms with Crippen LogP contribution in [-0.2, 0) is 4.79 Å². The van der Waals surface area contributed by atoms with Gasteiger partial charge >= 0.3 is 0 Å². The number of carbonyl (C=O) groups is 3. The van der Waals surface area contributed by atoms with Crippen molar-refractivity contribution < 1.29 is 19.1 Å². The predicted octanol–water partition coefficient (Wildman–Crippen LogP) is 3.15. The maximum absolute atomic E-state index is 12.1. The summed E-state index contributed by atoms with van der Waals surface area (Å²) < 4.78 is 5.37. The van der Waals surface area contributed by atoms with Crippen LogP contribution >= 0.6 is 11.3 Å². The van der Waals surface area contributed by atoms with Crippen LogP contribution in [-0.4, -0.2) is 24.3 Å². The Labute approximate surface area is 171 Å². The molecule has 1 aromatic heterocycles. The monoisotopic (exact) mass is 409 g/mol. The number of anilines is 1. The predicted molar refractivity (Wildman–Crippen MR) is 111 cm³/mol. The van der Waals surface area contributed by atoms with Gasteiger partial charge in [0.25, 0.3) is 17.7 Å². The van der Waals surface area contributed by atoms with Crippen LogP contribution in [0, 0.1) is 6.92 Å². The zero-order chi connectivity index (χ0) is 20.6. The Hall–Kier alpha value is -3.65. The van der Waals surface area contributed by atoms with E-state index in [4.69, 9.17) is 4.74 Å². The van der Waals surface area contributed by atoms with Gasteiger partial charge < -0.3 is 10.1 Å². The molecule has 3 aromatic rings. The number of thiophene rings is 1. The van der Waals surface area contributed by atoms with Crippen molar-refractivity contribution in [3.63, 3.8) is 0 Å². The lowest BCUT2D eigenvalue weighted by Crippen LogP contribution is -2.43. The van der Waals surface area contributed by atoms with Gasteiger partial charge in [0.15, 0.2) is 6.61 Å². The summed E-state index contributed by atoms with van der Waals surface area (Å²) >= 11 is 1.34. The zero-order valence-corrected chi connectivity index (χ0v) is 16.4. The van der Waals surface area contributed by atoms with Crippen LogP contribution in [0.1, 0.15) is 25.6 Å². The first-order chi connectivity index (χ1) is 14.0. The van der Waals surface area contributed by atoms with Crippen molar-refractivity contribution in [2.45, 2.75) is 6.92 Å². The van der Waals surface area contributed by atoms with Crippen molar-refractivity contribution >= 4 is 34.7 Å². The number of ether oxygens (including phenoxy) is 1. The maximum Gasteiger partial charge on any atom is 0.276 e. The zero-order valence-electron chi connectivity index (χ0n) is 15.6. The molecule has 0 aliphatic heterocycles. The number of nitrogens with one attached hydrogen (secondary N) is 3. The highest BCUT2D eigenvalue weighted by Crippen LogP contribution is 2.14. The largest absolute Gasteiger partial charge is 0.484 e. The average molecular weight is 409 g/mol. The topological polar surface area (TPSA) is 96.5 Å². The number of amides is 3. The van der Waals surface area contributed by atoms with Gasteiger partial charge in [-0.05, 0) is 60.3 Å². The Morgan fingerprint density at radius 3 is 2.41 bits per heavy atom. The van der Waals surface area contributed by atoms with Gasteiger partial charge in [-0.15, -0.1) is 11.3 Å². The number of carbonyl (C=O) groups excluding carboxylic acids is 3. The van der Waals surface area contributed by atoms with Crippen LogP contribution in [0.15, 0.2) is 66.0 Å². The number of aryl methyl sites for hydroxylation is 1. The van der Waals surface area contributed by atoms with Crippen molar-refractivity contribution in [2.75, 3.05) is 11.9 Å². The Morgan fingerprint density at radius 2 is 1.72 bits per heavy atom. The molecule has 0 atom stereocenters. The molecular formula is C21H19N3O4S. The van der Waals surface area contributed by atoms with Crippen LogP contribution in [0.25, 0.3) is 0 Å². The van der Waals surface area contributed by atoms with Crippen molar-refractivity contribution in [2.24, 2.45) is 0 Å². The van der Waals surface area contributed by atoms with Crippen LogP contribution in [0.2, 0.25) is 0 Å². The summed E-state index contributed by atoms with van der Waals surface area (Å²) in [5, 5.41) is 4.57. The lowest BCUT2D eigenvalue weighted by Gasteiger charge is -2.10. The van der Waals surface area contributed by atoms with Crippen LogP contribution in [0.5, 0.6) is 5.75 Å². The van der Waals surface area contributed by atoms with E-state index in [9.17, 15) is 14.4 Å². The number of hydrazine groups is 1. The minimum atomic E-state index is -0.486. The normalized spacial score (nSPS) is 10.1. The second kappa shape index (κ2) is 9.52. The lowest BCUT2D eigenvalue weighted by atomic mass is 10.2. The Kier molecular flexibility index (Phi) is 6.59. The summed E-state index contributed by atoms with van der Waals surface area (Å²) in [5.74, 6) is -0.602. The van der Waals surface area contributed by atoms with E-state index in [1.807, 2.05) is 30.5 Å². The van der Waals surface area contributed by atoms with Crippen LogP contribution in [0.4, 0.5) is 5.69 Å². The van der Waals surface area contributed by atoms with Crippen molar-refractivity contribution in [1.29, 1.82) is 0 Å². The molecule has 148 valence electrons. The van der Waals surface area contributed by atoms with E-state index >= 15 is 0 Å². The van der Waals surface area contributed by atoms with Gasteiger partial charge in [-0.3, -0.25) is 25.2 Å². The van der Waals surface area contributed by atoms with Crippen LogP contribution in [0.3, 0.4) is 0 Å². The first kappa shape index (κ1) is 20.1. The molecule has 29 heavy (non-hydrogen) atoms. The maximum atomic E-state index is 12.1. The molecule has 7 nitrogen and oxygen atoms in total. The van der Waals surface area contributed by atoms with E-state index in [-0.39, 0.29) is 12.5 Å². The molecule has 3 N–H and O–H groups in total. The van der Waals surface area contributed by atoms with E-state index in [0.29, 0.717) is 21.9 Å². The summed E-state index contributed by atoms with van der Waals surface area (Å²) in [6, 6.07) is 17.2. The Balaban J connectivity index is 1.45. The number of hydrogen-bond donors (Lipinski definition) is 3. The van der Waals surface area contributed by atoms with Crippen molar-refractivity contribution in [3.05, 3.63) is 82.0 Å². The third-order valence-corrected chi connectivity index (χ3v) is 4.69. The van der Waals surface area contributed by atoms with Crippen LogP contribution < -0.4 is 20.9 Å². The fourth-order valence-electron chi connectivity index (χ4n) is 2.39. The van der Waals surface area contributed by atoms with E-state index in [1.54, 1.807) is 42.5 Å². The standard InChI is InChI=1S/C21H19N3O4S/c1-14-4-2-5-17(12-14)28-13-19(25)23-24-20(26)15-7-9-16(10-8-15)22-21(27)18-6-3-11-29-18/h2-12H,13H2,1H3,(H,22,27)(H,23,25)(H,24,26). The number of rotatable bonds is 6. The highest BCUT2D eigenvalue weighted by atomic mass is 32.1. The van der Waals surface area contributed by atoms with Gasteiger partial charge in [0.05, 0.1) is 4.88 Å². The fourth-order valence-corrected chi connectivity index (χ4v) is 3.01.